The maximum Gasteiger partial charge on any atom is 0.161 e. The van der Waals surface area contributed by atoms with Gasteiger partial charge in [-0.05, 0) is 32.4 Å². The highest BCUT2D eigenvalue weighted by molar-refractivity contribution is 5.59. The van der Waals surface area contributed by atoms with E-state index in [1.54, 1.807) is 12.4 Å². The molecule has 6 nitrogen and oxygen atoms in total. The van der Waals surface area contributed by atoms with Crippen LogP contribution in [-0.2, 0) is 20.0 Å². The van der Waals surface area contributed by atoms with Crippen molar-refractivity contribution < 1.29 is 0 Å². The van der Waals surface area contributed by atoms with Crippen molar-refractivity contribution in [3.63, 3.8) is 0 Å². The SMILES string of the molecule is CCc1nn(C)cc1CNc1nc(-c2ccncc2)nc(C)c1C. The summed E-state index contributed by atoms with van der Waals surface area (Å²) >= 11 is 0. The second kappa shape index (κ2) is 6.78. The van der Waals surface area contributed by atoms with Gasteiger partial charge in [0.2, 0.25) is 0 Å². The van der Waals surface area contributed by atoms with Gasteiger partial charge in [-0.2, -0.15) is 5.10 Å². The maximum absolute atomic E-state index is 4.70. The zero-order valence-electron chi connectivity index (χ0n) is 14.5. The average Bonchev–Trinajstić information content (AvgIpc) is 2.96. The van der Waals surface area contributed by atoms with Gasteiger partial charge >= 0.3 is 0 Å². The average molecular weight is 322 g/mol. The summed E-state index contributed by atoms with van der Waals surface area (Å²) in [7, 11) is 1.95. The van der Waals surface area contributed by atoms with Crippen LogP contribution in [0.5, 0.6) is 0 Å². The second-order valence-electron chi connectivity index (χ2n) is 5.82. The fraction of sp³-hybridized carbons (Fsp3) is 0.333. The minimum absolute atomic E-state index is 0.699. The number of nitrogens with one attached hydrogen (secondary N) is 1. The molecule has 0 aliphatic heterocycles. The number of aromatic nitrogens is 5. The molecule has 0 aliphatic rings. The van der Waals surface area contributed by atoms with E-state index in [-0.39, 0.29) is 0 Å². The van der Waals surface area contributed by atoms with Crippen molar-refractivity contribution in [1.29, 1.82) is 0 Å². The molecular weight excluding hydrogens is 300 g/mol. The van der Waals surface area contributed by atoms with E-state index in [0.717, 1.165) is 34.8 Å². The predicted molar refractivity (Wildman–Crippen MR) is 94.6 cm³/mol. The zero-order valence-corrected chi connectivity index (χ0v) is 14.5. The van der Waals surface area contributed by atoms with Crippen molar-refractivity contribution >= 4 is 5.82 Å². The van der Waals surface area contributed by atoms with Gasteiger partial charge in [0, 0.05) is 54.6 Å². The molecule has 0 fully saturated rings. The molecule has 0 aromatic carbocycles. The minimum atomic E-state index is 0.699. The molecule has 0 radical (unpaired) electrons. The van der Waals surface area contributed by atoms with Crippen LogP contribution >= 0.6 is 0 Å². The van der Waals surface area contributed by atoms with E-state index < -0.39 is 0 Å². The number of aryl methyl sites for hydroxylation is 3. The number of hydrogen-bond donors (Lipinski definition) is 1. The van der Waals surface area contributed by atoms with Gasteiger partial charge in [-0.15, -0.1) is 0 Å². The lowest BCUT2D eigenvalue weighted by Gasteiger charge is -2.12. The molecular formula is C18H22N6. The Morgan fingerprint density at radius 1 is 1.12 bits per heavy atom. The summed E-state index contributed by atoms with van der Waals surface area (Å²) in [6.45, 7) is 6.87. The van der Waals surface area contributed by atoms with Crippen LogP contribution in [0, 0.1) is 13.8 Å². The summed E-state index contributed by atoms with van der Waals surface area (Å²) in [5, 5.41) is 7.93. The molecule has 6 heteroatoms. The molecule has 0 amide bonds. The van der Waals surface area contributed by atoms with Crippen LogP contribution in [0.15, 0.2) is 30.7 Å². The first kappa shape index (κ1) is 16.1. The van der Waals surface area contributed by atoms with Crippen molar-refractivity contribution in [2.24, 2.45) is 7.05 Å². The van der Waals surface area contributed by atoms with Crippen LogP contribution in [0.4, 0.5) is 5.82 Å². The van der Waals surface area contributed by atoms with Crippen molar-refractivity contribution in [2.75, 3.05) is 5.32 Å². The van der Waals surface area contributed by atoms with E-state index in [9.17, 15) is 0 Å². The normalized spacial score (nSPS) is 10.8. The Bertz CT molecular complexity index is 838. The molecule has 0 atom stereocenters. The molecule has 124 valence electrons. The topological polar surface area (TPSA) is 68.5 Å². The Morgan fingerprint density at radius 3 is 2.58 bits per heavy atom. The highest BCUT2D eigenvalue weighted by atomic mass is 15.3. The lowest BCUT2D eigenvalue weighted by atomic mass is 10.2. The number of nitrogens with zero attached hydrogens (tertiary/aromatic N) is 5. The smallest absolute Gasteiger partial charge is 0.161 e. The first-order valence-electron chi connectivity index (χ1n) is 8.09. The molecule has 3 heterocycles. The van der Waals surface area contributed by atoms with Crippen LogP contribution in [0.3, 0.4) is 0 Å². The van der Waals surface area contributed by atoms with Crippen LogP contribution in [0.2, 0.25) is 0 Å². The summed E-state index contributed by atoms with van der Waals surface area (Å²) in [4.78, 5) is 13.4. The zero-order chi connectivity index (χ0) is 17.1. The molecule has 0 saturated heterocycles. The molecule has 0 aliphatic carbocycles. The monoisotopic (exact) mass is 322 g/mol. The summed E-state index contributed by atoms with van der Waals surface area (Å²) in [5.41, 5.74) is 5.31. The number of hydrogen-bond acceptors (Lipinski definition) is 5. The molecule has 0 bridgehead atoms. The van der Waals surface area contributed by atoms with E-state index >= 15 is 0 Å². The lowest BCUT2D eigenvalue weighted by molar-refractivity contribution is 0.746. The third kappa shape index (κ3) is 3.27. The van der Waals surface area contributed by atoms with Gasteiger partial charge in [-0.3, -0.25) is 9.67 Å². The molecule has 3 rings (SSSR count). The molecule has 0 saturated carbocycles. The Labute approximate surface area is 142 Å². The van der Waals surface area contributed by atoms with Crippen molar-refractivity contribution in [3.05, 3.63) is 53.2 Å². The van der Waals surface area contributed by atoms with Crippen LogP contribution in [0.1, 0.15) is 29.4 Å². The third-order valence-electron chi connectivity index (χ3n) is 4.10. The van der Waals surface area contributed by atoms with Crippen LogP contribution in [0.25, 0.3) is 11.4 Å². The lowest BCUT2D eigenvalue weighted by Crippen LogP contribution is -2.07. The molecule has 24 heavy (non-hydrogen) atoms. The fourth-order valence-corrected chi connectivity index (χ4v) is 2.64. The number of pyridine rings is 1. The maximum atomic E-state index is 4.70. The minimum Gasteiger partial charge on any atom is -0.366 e. The Morgan fingerprint density at radius 2 is 1.88 bits per heavy atom. The first-order valence-corrected chi connectivity index (χ1v) is 8.09. The van der Waals surface area contributed by atoms with E-state index in [1.807, 2.05) is 37.7 Å². The van der Waals surface area contributed by atoms with Gasteiger partial charge in [0.05, 0.1) is 5.69 Å². The van der Waals surface area contributed by atoms with E-state index in [0.29, 0.717) is 12.4 Å². The van der Waals surface area contributed by atoms with Gasteiger partial charge < -0.3 is 5.32 Å². The second-order valence-corrected chi connectivity index (χ2v) is 5.82. The number of rotatable bonds is 5. The quantitative estimate of drug-likeness (QED) is 0.782. The molecule has 3 aromatic rings. The molecule has 0 unspecified atom stereocenters. The van der Waals surface area contributed by atoms with Crippen molar-refractivity contribution in [1.82, 2.24) is 24.7 Å². The summed E-state index contributed by atoms with van der Waals surface area (Å²) in [6.07, 6.45) is 6.48. The van der Waals surface area contributed by atoms with Gasteiger partial charge in [0.1, 0.15) is 5.82 Å². The summed E-state index contributed by atoms with van der Waals surface area (Å²) in [5.74, 6) is 1.57. The fourth-order valence-electron chi connectivity index (χ4n) is 2.64. The van der Waals surface area contributed by atoms with E-state index in [1.165, 1.54) is 5.56 Å². The largest absolute Gasteiger partial charge is 0.366 e. The first-order chi connectivity index (χ1) is 11.6. The Balaban J connectivity index is 1.89. The van der Waals surface area contributed by atoms with Crippen LogP contribution < -0.4 is 5.32 Å². The summed E-state index contributed by atoms with van der Waals surface area (Å²) in [6, 6.07) is 3.84. The van der Waals surface area contributed by atoms with Gasteiger partial charge in [-0.1, -0.05) is 6.92 Å². The van der Waals surface area contributed by atoms with Gasteiger partial charge in [0.25, 0.3) is 0 Å². The molecule has 1 N–H and O–H groups in total. The van der Waals surface area contributed by atoms with Gasteiger partial charge in [0.15, 0.2) is 5.82 Å². The highest BCUT2D eigenvalue weighted by Crippen LogP contribution is 2.22. The third-order valence-corrected chi connectivity index (χ3v) is 4.10. The van der Waals surface area contributed by atoms with Gasteiger partial charge in [-0.25, -0.2) is 9.97 Å². The number of anilines is 1. The standard InChI is InChI=1S/C18H22N6/c1-5-16-15(11-24(4)23-16)10-20-17-12(2)13(3)21-18(22-17)14-6-8-19-9-7-14/h6-9,11H,5,10H2,1-4H3,(H,20,21,22). The highest BCUT2D eigenvalue weighted by Gasteiger charge is 2.11. The Hall–Kier alpha value is -2.76. The van der Waals surface area contributed by atoms with Crippen molar-refractivity contribution in [3.8, 4) is 11.4 Å². The molecule has 3 aromatic heterocycles. The Kier molecular flexibility index (Phi) is 4.55. The molecule has 0 spiro atoms. The summed E-state index contributed by atoms with van der Waals surface area (Å²) < 4.78 is 1.86. The van der Waals surface area contributed by atoms with E-state index in [4.69, 9.17) is 4.98 Å². The predicted octanol–water partition coefficient (Wildman–Crippen LogP) is 3.06. The van der Waals surface area contributed by atoms with E-state index in [2.05, 4.69) is 33.5 Å². The van der Waals surface area contributed by atoms with Crippen molar-refractivity contribution in [2.45, 2.75) is 33.7 Å². The van der Waals surface area contributed by atoms with Crippen LogP contribution in [-0.4, -0.2) is 24.7 Å².